The van der Waals surface area contributed by atoms with Crippen LogP contribution in [0.5, 0.6) is 11.5 Å². The van der Waals surface area contributed by atoms with E-state index in [0.717, 1.165) is 46.7 Å². The number of fused-ring (bicyclic) bond motifs is 1. The predicted octanol–water partition coefficient (Wildman–Crippen LogP) is 2.62. The minimum atomic E-state index is 0.697. The summed E-state index contributed by atoms with van der Waals surface area (Å²) in [7, 11) is 0. The van der Waals surface area contributed by atoms with Gasteiger partial charge in [0.15, 0.2) is 11.5 Å². The minimum absolute atomic E-state index is 0.697. The summed E-state index contributed by atoms with van der Waals surface area (Å²) in [6.45, 7) is 2.91. The maximum absolute atomic E-state index is 5.72. The van der Waals surface area contributed by atoms with Gasteiger partial charge in [0, 0.05) is 31.4 Å². The minimum Gasteiger partial charge on any atom is -0.490 e. The number of ether oxygens (including phenoxy) is 2. The number of aromatic amines is 1. The van der Waals surface area contributed by atoms with Crippen molar-refractivity contribution in [1.29, 1.82) is 0 Å². The number of halogens is 1. The van der Waals surface area contributed by atoms with Gasteiger partial charge in [-0.1, -0.05) is 0 Å². The Bertz CT molecular complexity index is 572. The summed E-state index contributed by atoms with van der Waals surface area (Å²) in [4.78, 5) is 7.06. The Balaban J connectivity index is 1.67. The fourth-order valence-corrected chi connectivity index (χ4v) is 2.71. The lowest BCUT2D eigenvalue weighted by molar-refractivity contribution is 0.296. The molecule has 0 spiro atoms. The van der Waals surface area contributed by atoms with E-state index in [1.54, 1.807) is 6.33 Å². The first-order chi connectivity index (χ1) is 9.83. The molecule has 1 aromatic carbocycles. The van der Waals surface area contributed by atoms with Gasteiger partial charge in [-0.15, -0.1) is 0 Å². The van der Waals surface area contributed by atoms with Crippen molar-refractivity contribution in [3.8, 4) is 11.5 Å². The Morgan fingerprint density at radius 2 is 2.15 bits per heavy atom. The highest BCUT2D eigenvalue weighted by Gasteiger charge is 2.15. The quantitative estimate of drug-likeness (QED) is 0.900. The van der Waals surface area contributed by atoms with Crippen molar-refractivity contribution in [1.82, 2.24) is 15.3 Å². The van der Waals surface area contributed by atoms with Crippen molar-refractivity contribution in [2.75, 3.05) is 13.2 Å². The van der Waals surface area contributed by atoms with Crippen molar-refractivity contribution in [2.45, 2.75) is 19.5 Å². The van der Waals surface area contributed by atoms with Crippen LogP contribution in [0, 0.1) is 0 Å². The average Bonchev–Trinajstić information content (AvgIpc) is 2.83. The second-order valence-electron chi connectivity index (χ2n) is 4.64. The SMILES string of the molecule is Brc1cc(CNCc2cnc[nH]2)cc2c1OCCCO2. The van der Waals surface area contributed by atoms with Crippen LogP contribution in [0.3, 0.4) is 0 Å². The van der Waals surface area contributed by atoms with Gasteiger partial charge in [-0.3, -0.25) is 0 Å². The number of rotatable bonds is 4. The highest BCUT2D eigenvalue weighted by atomic mass is 79.9. The summed E-state index contributed by atoms with van der Waals surface area (Å²) < 4.78 is 12.4. The number of hydrogen-bond donors (Lipinski definition) is 2. The third-order valence-electron chi connectivity index (χ3n) is 3.06. The Morgan fingerprint density at radius 3 is 3.00 bits per heavy atom. The summed E-state index contributed by atoms with van der Waals surface area (Å²) in [5.41, 5.74) is 2.22. The summed E-state index contributed by atoms with van der Waals surface area (Å²) >= 11 is 3.55. The van der Waals surface area contributed by atoms with Crippen molar-refractivity contribution >= 4 is 15.9 Å². The van der Waals surface area contributed by atoms with Gasteiger partial charge in [-0.05, 0) is 33.6 Å². The van der Waals surface area contributed by atoms with E-state index < -0.39 is 0 Å². The molecule has 0 saturated heterocycles. The van der Waals surface area contributed by atoms with Crippen LogP contribution in [0.25, 0.3) is 0 Å². The second-order valence-corrected chi connectivity index (χ2v) is 5.49. The molecule has 106 valence electrons. The molecule has 2 aromatic rings. The average molecular weight is 338 g/mol. The van der Waals surface area contributed by atoms with Crippen molar-refractivity contribution in [3.63, 3.8) is 0 Å². The molecule has 0 saturated carbocycles. The lowest BCUT2D eigenvalue weighted by atomic mass is 10.2. The van der Waals surface area contributed by atoms with E-state index in [-0.39, 0.29) is 0 Å². The van der Waals surface area contributed by atoms with E-state index in [2.05, 4.69) is 37.3 Å². The van der Waals surface area contributed by atoms with Crippen LogP contribution < -0.4 is 14.8 Å². The van der Waals surface area contributed by atoms with Crippen LogP contribution in [0.1, 0.15) is 17.7 Å². The molecule has 0 amide bonds. The van der Waals surface area contributed by atoms with Gasteiger partial charge in [-0.2, -0.15) is 0 Å². The Morgan fingerprint density at radius 1 is 1.25 bits per heavy atom. The Kier molecular flexibility index (Phi) is 4.22. The molecule has 5 nitrogen and oxygen atoms in total. The molecule has 0 bridgehead atoms. The van der Waals surface area contributed by atoms with Gasteiger partial charge in [0.05, 0.1) is 24.0 Å². The van der Waals surface area contributed by atoms with E-state index in [4.69, 9.17) is 9.47 Å². The molecule has 1 aliphatic heterocycles. The second kappa shape index (κ2) is 6.28. The lowest BCUT2D eigenvalue weighted by Crippen LogP contribution is -2.13. The van der Waals surface area contributed by atoms with E-state index in [0.29, 0.717) is 13.2 Å². The number of H-pyrrole nitrogens is 1. The molecule has 0 fully saturated rings. The number of benzene rings is 1. The van der Waals surface area contributed by atoms with Gasteiger partial charge in [0.1, 0.15) is 0 Å². The third-order valence-corrected chi connectivity index (χ3v) is 3.65. The van der Waals surface area contributed by atoms with Crippen LogP contribution in [0.2, 0.25) is 0 Å². The van der Waals surface area contributed by atoms with Gasteiger partial charge in [0.2, 0.25) is 0 Å². The van der Waals surface area contributed by atoms with Gasteiger partial charge in [-0.25, -0.2) is 4.98 Å². The third kappa shape index (κ3) is 3.13. The zero-order valence-electron chi connectivity index (χ0n) is 11.0. The topological polar surface area (TPSA) is 59.2 Å². The first-order valence-electron chi connectivity index (χ1n) is 6.59. The van der Waals surface area contributed by atoms with Crippen molar-refractivity contribution in [2.24, 2.45) is 0 Å². The molecule has 0 aliphatic carbocycles. The fraction of sp³-hybridized carbons (Fsp3) is 0.357. The maximum Gasteiger partial charge on any atom is 0.175 e. The summed E-state index contributed by atoms with van der Waals surface area (Å²) in [6, 6.07) is 4.10. The molecule has 0 atom stereocenters. The molecule has 6 heteroatoms. The Hall–Kier alpha value is -1.53. The summed E-state index contributed by atoms with van der Waals surface area (Å²) in [5, 5.41) is 3.37. The van der Waals surface area contributed by atoms with Crippen molar-refractivity contribution < 1.29 is 9.47 Å². The van der Waals surface area contributed by atoms with Crippen LogP contribution in [-0.4, -0.2) is 23.2 Å². The number of nitrogens with one attached hydrogen (secondary N) is 2. The van der Waals surface area contributed by atoms with Gasteiger partial charge in [0.25, 0.3) is 0 Å². The van der Waals surface area contributed by atoms with E-state index in [1.165, 1.54) is 0 Å². The molecule has 3 rings (SSSR count). The molecule has 0 radical (unpaired) electrons. The van der Waals surface area contributed by atoms with Gasteiger partial charge >= 0.3 is 0 Å². The highest BCUT2D eigenvalue weighted by molar-refractivity contribution is 9.10. The van der Waals surface area contributed by atoms with E-state index in [1.807, 2.05) is 12.3 Å². The molecule has 20 heavy (non-hydrogen) atoms. The Labute approximate surface area is 125 Å². The van der Waals surface area contributed by atoms with Crippen LogP contribution >= 0.6 is 15.9 Å². The first kappa shape index (κ1) is 13.5. The lowest BCUT2D eigenvalue weighted by Gasteiger charge is -2.12. The van der Waals surface area contributed by atoms with Gasteiger partial charge < -0.3 is 19.8 Å². The molecule has 0 unspecified atom stereocenters. The predicted molar refractivity (Wildman–Crippen MR) is 78.9 cm³/mol. The number of aromatic nitrogens is 2. The highest BCUT2D eigenvalue weighted by Crippen LogP contribution is 2.38. The number of imidazole rings is 1. The fourth-order valence-electron chi connectivity index (χ4n) is 2.11. The molecule has 1 aliphatic rings. The monoisotopic (exact) mass is 337 g/mol. The standard InChI is InChI=1S/C14H16BrN3O2/c15-12-4-10(6-16-7-11-8-17-9-18-11)5-13-14(12)20-3-1-2-19-13/h4-5,8-9,16H,1-3,6-7H2,(H,17,18). The van der Waals surface area contributed by atoms with Crippen LogP contribution in [-0.2, 0) is 13.1 Å². The zero-order chi connectivity index (χ0) is 13.8. The maximum atomic E-state index is 5.72. The van der Waals surface area contributed by atoms with Crippen LogP contribution in [0.4, 0.5) is 0 Å². The van der Waals surface area contributed by atoms with E-state index >= 15 is 0 Å². The normalized spacial score (nSPS) is 14.1. The molecular weight excluding hydrogens is 322 g/mol. The van der Waals surface area contributed by atoms with Crippen molar-refractivity contribution in [3.05, 3.63) is 40.4 Å². The largest absolute Gasteiger partial charge is 0.490 e. The molecule has 2 heterocycles. The first-order valence-corrected chi connectivity index (χ1v) is 7.38. The zero-order valence-corrected chi connectivity index (χ0v) is 12.6. The smallest absolute Gasteiger partial charge is 0.175 e. The number of nitrogens with zero attached hydrogens (tertiary/aromatic N) is 1. The van der Waals surface area contributed by atoms with Crippen LogP contribution in [0.15, 0.2) is 29.1 Å². The molecular formula is C14H16BrN3O2. The summed E-state index contributed by atoms with van der Waals surface area (Å²) in [6.07, 6.45) is 4.41. The molecule has 1 aromatic heterocycles. The van der Waals surface area contributed by atoms with E-state index in [9.17, 15) is 0 Å². The molecule has 2 N–H and O–H groups in total. The number of hydrogen-bond acceptors (Lipinski definition) is 4. The summed E-state index contributed by atoms with van der Waals surface area (Å²) in [5.74, 6) is 1.62.